The Labute approximate surface area is 161 Å². The van der Waals surface area contributed by atoms with Crippen molar-refractivity contribution >= 4 is 34.7 Å². The quantitative estimate of drug-likeness (QED) is 0.486. The zero-order valence-corrected chi connectivity index (χ0v) is 16.0. The van der Waals surface area contributed by atoms with Gasteiger partial charge in [0, 0.05) is 25.3 Å². The standard InChI is InChI=1S/C16H24F2N4O3.BrH/c17-16(18)5-9-7-21-12(10(9)6-16)15(25)22-11(13(19)23)4-8-2-1-3-20-14(8)24;/h8-12,21H,1-7H2,(H2,19,23)(H,20,24)(H,22,25);1H/t8-,9?,10?,11-,12?;/m0./s1. The summed E-state index contributed by atoms with van der Waals surface area (Å²) < 4.78 is 27.1. The first-order valence-corrected chi connectivity index (χ1v) is 8.75. The molecule has 0 bridgehead atoms. The summed E-state index contributed by atoms with van der Waals surface area (Å²) in [5.41, 5.74) is 5.37. The minimum Gasteiger partial charge on any atom is -0.368 e. The molecule has 2 saturated heterocycles. The summed E-state index contributed by atoms with van der Waals surface area (Å²) >= 11 is 0. The first-order valence-electron chi connectivity index (χ1n) is 8.75. The van der Waals surface area contributed by atoms with E-state index in [-0.39, 0.29) is 54.0 Å². The van der Waals surface area contributed by atoms with Crippen LogP contribution >= 0.6 is 17.0 Å². The molecule has 0 spiro atoms. The van der Waals surface area contributed by atoms with Gasteiger partial charge in [-0.25, -0.2) is 8.78 Å². The van der Waals surface area contributed by atoms with E-state index in [1.54, 1.807) is 0 Å². The molecule has 3 aliphatic rings. The highest BCUT2D eigenvalue weighted by Gasteiger charge is 2.53. The Morgan fingerprint density at radius 2 is 2.08 bits per heavy atom. The Kier molecular flexibility index (Phi) is 6.60. The third-order valence-corrected chi connectivity index (χ3v) is 5.59. The van der Waals surface area contributed by atoms with Crippen molar-refractivity contribution in [3.05, 3.63) is 0 Å². The van der Waals surface area contributed by atoms with E-state index in [0.717, 1.165) is 6.42 Å². The number of amides is 3. The molecule has 5 N–H and O–H groups in total. The molecule has 0 aromatic carbocycles. The SMILES string of the molecule is Br.NC(=O)[C@H](C[C@@H]1CCCNC1=O)NC(=O)C1NCC2CC(F)(F)CC21. The average molecular weight is 439 g/mol. The molecule has 7 nitrogen and oxygen atoms in total. The zero-order valence-electron chi connectivity index (χ0n) is 14.3. The Balaban J connectivity index is 0.00000243. The van der Waals surface area contributed by atoms with E-state index >= 15 is 0 Å². The maximum absolute atomic E-state index is 13.6. The van der Waals surface area contributed by atoms with Crippen molar-refractivity contribution in [2.75, 3.05) is 13.1 Å². The van der Waals surface area contributed by atoms with E-state index in [9.17, 15) is 23.2 Å². The molecule has 0 aromatic rings. The Bertz CT molecular complexity index is 578. The number of nitrogens with two attached hydrogens (primary N) is 1. The molecule has 26 heavy (non-hydrogen) atoms. The largest absolute Gasteiger partial charge is 0.368 e. The van der Waals surface area contributed by atoms with E-state index < -0.39 is 35.7 Å². The van der Waals surface area contributed by atoms with Crippen molar-refractivity contribution in [1.29, 1.82) is 0 Å². The summed E-state index contributed by atoms with van der Waals surface area (Å²) in [7, 11) is 0. The lowest BCUT2D eigenvalue weighted by Gasteiger charge is -2.27. The van der Waals surface area contributed by atoms with Crippen molar-refractivity contribution < 1.29 is 23.2 Å². The second-order valence-corrected chi connectivity index (χ2v) is 7.40. The summed E-state index contributed by atoms with van der Waals surface area (Å²) in [6.07, 6.45) is 1.03. The molecule has 148 valence electrons. The molecule has 3 fully saturated rings. The highest BCUT2D eigenvalue weighted by Crippen LogP contribution is 2.46. The third kappa shape index (κ3) is 4.51. The summed E-state index contributed by atoms with van der Waals surface area (Å²) in [5.74, 6) is -5.17. The van der Waals surface area contributed by atoms with Crippen molar-refractivity contribution in [2.45, 2.75) is 50.1 Å². The van der Waals surface area contributed by atoms with Crippen LogP contribution in [-0.2, 0) is 14.4 Å². The Hall–Kier alpha value is -1.29. The fourth-order valence-corrected chi connectivity index (χ4v) is 4.31. The van der Waals surface area contributed by atoms with Crippen LogP contribution in [0.2, 0.25) is 0 Å². The summed E-state index contributed by atoms with van der Waals surface area (Å²) in [6, 6.07) is -1.73. The minimum absolute atomic E-state index is 0. The van der Waals surface area contributed by atoms with Crippen molar-refractivity contribution in [2.24, 2.45) is 23.5 Å². The number of fused-ring (bicyclic) bond motifs is 1. The van der Waals surface area contributed by atoms with Crippen LogP contribution in [0.5, 0.6) is 0 Å². The van der Waals surface area contributed by atoms with Gasteiger partial charge in [-0.1, -0.05) is 0 Å². The highest BCUT2D eigenvalue weighted by molar-refractivity contribution is 8.93. The van der Waals surface area contributed by atoms with Crippen LogP contribution in [0.3, 0.4) is 0 Å². The van der Waals surface area contributed by atoms with Gasteiger partial charge >= 0.3 is 0 Å². The topological polar surface area (TPSA) is 113 Å². The predicted octanol–water partition coefficient (Wildman–Crippen LogP) is 0.0840. The normalized spacial score (nSPS) is 33.5. The maximum atomic E-state index is 13.6. The van der Waals surface area contributed by atoms with Crippen LogP contribution in [0, 0.1) is 17.8 Å². The van der Waals surface area contributed by atoms with E-state index in [1.165, 1.54) is 0 Å². The van der Waals surface area contributed by atoms with Gasteiger partial charge in [-0.15, -0.1) is 17.0 Å². The molecule has 1 aliphatic carbocycles. The highest BCUT2D eigenvalue weighted by atomic mass is 79.9. The predicted molar refractivity (Wildman–Crippen MR) is 94.7 cm³/mol. The number of rotatable bonds is 5. The monoisotopic (exact) mass is 438 g/mol. The van der Waals surface area contributed by atoms with Crippen LogP contribution in [0.15, 0.2) is 0 Å². The van der Waals surface area contributed by atoms with Gasteiger partial charge in [-0.3, -0.25) is 14.4 Å². The molecule has 3 rings (SSSR count). The Morgan fingerprint density at radius 3 is 2.73 bits per heavy atom. The number of carbonyl (C=O) groups is 3. The number of piperidine rings is 1. The molecular weight excluding hydrogens is 414 g/mol. The van der Waals surface area contributed by atoms with E-state index in [0.29, 0.717) is 19.5 Å². The molecule has 0 radical (unpaired) electrons. The molecule has 3 amide bonds. The van der Waals surface area contributed by atoms with Gasteiger partial charge in [0.1, 0.15) is 6.04 Å². The maximum Gasteiger partial charge on any atom is 0.248 e. The third-order valence-electron chi connectivity index (χ3n) is 5.59. The first kappa shape index (κ1) is 21.0. The molecule has 1 saturated carbocycles. The number of hydrogen-bond donors (Lipinski definition) is 4. The van der Waals surface area contributed by atoms with Gasteiger partial charge in [-0.2, -0.15) is 0 Å². The Morgan fingerprint density at radius 1 is 1.35 bits per heavy atom. The second kappa shape index (κ2) is 8.16. The first-order chi connectivity index (χ1) is 11.8. The van der Waals surface area contributed by atoms with Gasteiger partial charge in [-0.05, 0) is 37.6 Å². The van der Waals surface area contributed by atoms with E-state index in [2.05, 4.69) is 16.0 Å². The number of alkyl halides is 2. The van der Waals surface area contributed by atoms with Crippen molar-refractivity contribution in [1.82, 2.24) is 16.0 Å². The molecule has 0 aromatic heterocycles. The van der Waals surface area contributed by atoms with Crippen LogP contribution in [0.4, 0.5) is 8.78 Å². The number of hydrogen-bond acceptors (Lipinski definition) is 4. The van der Waals surface area contributed by atoms with Gasteiger partial charge in [0.25, 0.3) is 0 Å². The lowest BCUT2D eigenvalue weighted by molar-refractivity contribution is -0.131. The average Bonchev–Trinajstić information content (AvgIpc) is 3.03. The molecule has 3 unspecified atom stereocenters. The van der Waals surface area contributed by atoms with Gasteiger partial charge < -0.3 is 21.7 Å². The van der Waals surface area contributed by atoms with Gasteiger partial charge in [0.15, 0.2) is 0 Å². The molecule has 2 heterocycles. The van der Waals surface area contributed by atoms with E-state index in [1.807, 2.05) is 0 Å². The van der Waals surface area contributed by atoms with Crippen LogP contribution in [0.1, 0.15) is 32.1 Å². The van der Waals surface area contributed by atoms with E-state index in [4.69, 9.17) is 5.73 Å². The summed E-state index contributed by atoms with van der Waals surface area (Å²) in [5, 5.41) is 8.27. The fraction of sp³-hybridized carbons (Fsp3) is 0.812. The lowest BCUT2D eigenvalue weighted by atomic mass is 9.90. The van der Waals surface area contributed by atoms with Crippen molar-refractivity contribution in [3.63, 3.8) is 0 Å². The number of nitrogens with one attached hydrogen (secondary N) is 3. The van der Waals surface area contributed by atoms with Crippen molar-refractivity contribution in [3.8, 4) is 0 Å². The van der Waals surface area contributed by atoms with Crippen LogP contribution in [0.25, 0.3) is 0 Å². The second-order valence-electron chi connectivity index (χ2n) is 7.40. The molecular formula is C16H25BrF2N4O3. The molecule has 2 aliphatic heterocycles. The van der Waals surface area contributed by atoms with Gasteiger partial charge in [0.2, 0.25) is 23.6 Å². The fourth-order valence-electron chi connectivity index (χ4n) is 4.31. The molecule has 10 heteroatoms. The van der Waals surface area contributed by atoms with Gasteiger partial charge in [0.05, 0.1) is 6.04 Å². The smallest absolute Gasteiger partial charge is 0.248 e. The minimum atomic E-state index is -2.74. The lowest BCUT2D eigenvalue weighted by Crippen LogP contribution is -2.53. The summed E-state index contributed by atoms with van der Waals surface area (Å²) in [4.78, 5) is 36.1. The summed E-state index contributed by atoms with van der Waals surface area (Å²) in [6.45, 7) is 0.969. The van der Waals surface area contributed by atoms with Crippen LogP contribution in [-0.4, -0.2) is 48.8 Å². The van der Waals surface area contributed by atoms with Crippen LogP contribution < -0.4 is 21.7 Å². The number of halogens is 3. The number of carbonyl (C=O) groups excluding carboxylic acids is 3. The number of primary amides is 1. The molecule has 5 atom stereocenters. The zero-order chi connectivity index (χ0) is 18.2.